The van der Waals surface area contributed by atoms with Gasteiger partial charge >= 0.3 is 0 Å². The maximum atomic E-state index is 12.0. The van der Waals surface area contributed by atoms with E-state index in [2.05, 4.69) is 10.3 Å². The molecule has 0 spiro atoms. The van der Waals surface area contributed by atoms with Crippen LogP contribution in [0.15, 0.2) is 36.5 Å². The number of hydrogen-bond acceptors (Lipinski definition) is 4. The van der Waals surface area contributed by atoms with E-state index in [0.29, 0.717) is 27.7 Å². The van der Waals surface area contributed by atoms with Crippen LogP contribution in [0.3, 0.4) is 0 Å². The van der Waals surface area contributed by atoms with Crippen LogP contribution in [0.2, 0.25) is 5.15 Å². The van der Waals surface area contributed by atoms with Crippen molar-refractivity contribution in [3.63, 3.8) is 0 Å². The molecular weight excluding hydrogens is 278 g/mol. The molecule has 2 rings (SSSR count). The quantitative estimate of drug-likeness (QED) is 0.881. The third-order valence-electron chi connectivity index (χ3n) is 2.57. The van der Waals surface area contributed by atoms with E-state index in [4.69, 9.17) is 21.6 Å². The van der Waals surface area contributed by atoms with Crippen molar-refractivity contribution in [1.82, 2.24) is 4.98 Å². The molecule has 2 aromatic rings. The first-order chi connectivity index (χ1) is 9.63. The second kappa shape index (κ2) is 6.04. The van der Waals surface area contributed by atoms with Gasteiger partial charge in [-0.1, -0.05) is 11.6 Å². The maximum absolute atomic E-state index is 12.0. The molecule has 5 nitrogen and oxygen atoms in total. The minimum atomic E-state index is -0.336. The Morgan fingerprint density at radius 2 is 2.20 bits per heavy atom. The Morgan fingerprint density at radius 3 is 2.80 bits per heavy atom. The monoisotopic (exact) mass is 287 g/mol. The summed E-state index contributed by atoms with van der Waals surface area (Å²) >= 11 is 5.66. The second-order valence-electron chi connectivity index (χ2n) is 3.85. The molecule has 0 radical (unpaired) electrons. The van der Waals surface area contributed by atoms with Crippen LogP contribution >= 0.6 is 11.6 Å². The van der Waals surface area contributed by atoms with Crippen molar-refractivity contribution in [3.05, 3.63) is 52.8 Å². The third-order valence-corrected chi connectivity index (χ3v) is 2.79. The SMILES string of the molecule is COc1cc(C#N)ccc1NC(=O)c1ccc(Cl)nc1. The number of aromatic nitrogens is 1. The fourth-order valence-electron chi connectivity index (χ4n) is 1.57. The first-order valence-electron chi connectivity index (χ1n) is 5.65. The standard InChI is InChI=1S/C14H10ClN3O2/c1-20-12-6-9(7-16)2-4-11(12)18-14(19)10-3-5-13(15)17-8-10/h2-6,8H,1H3,(H,18,19). The van der Waals surface area contributed by atoms with Gasteiger partial charge < -0.3 is 10.1 Å². The lowest BCUT2D eigenvalue weighted by Crippen LogP contribution is -2.13. The van der Waals surface area contributed by atoms with Crippen LogP contribution in [0.4, 0.5) is 5.69 Å². The molecule has 0 aliphatic heterocycles. The van der Waals surface area contributed by atoms with Crippen LogP contribution in [-0.2, 0) is 0 Å². The predicted molar refractivity (Wildman–Crippen MR) is 74.9 cm³/mol. The summed E-state index contributed by atoms with van der Waals surface area (Å²) in [5, 5.41) is 11.8. The molecule has 1 aromatic carbocycles. The number of carbonyl (C=O) groups is 1. The zero-order chi connectivity index (χ0) is 14.5. The lowest BCUT2D eigenvalue weighted by molar-refractivity contribution is 0.102. The molecule has 0 saturated heterocycles. The summed E-state index contributed by atoms with van der Waals surface area (Å²) in [5.74, 6) is 0.0801. The molecule has 1 amide bonds. The Labute approximate surface area is 120 Å². The topological polar surface area (TPSA) is 75.0 Å². The zero-order valence-electron chi connectivity index (χ0n) is 10.6. The minimum Gasteiger partial charge on any atom is -0.495 e. The Balaban J connectivity index is 2.23. The van der Waals surface area contributed by atoms with E-state index in [9.17, 15) is 4.79 Å². The van der Waals surface area contributed by atoms with Crippen LogP contribution < -0.4 is 10.1 Å². The Morgan fingerprint density at radius 1 is 1.40 bits per heavy atom. The van der Waals surface area contributed by atoms with Crippen LogP contribution in [0, 0.1) is 11.3 Å². The number of nitriles is 1. The molecule has 1 N–H and O–H groups in total. The number of ether oxygens (including phenoxy) is 1. The number of halogens is 1. The molecule has 0 saturated carbocycles. The molecule has 6 heteroatoms. The summed E-state index contributed by atoms with van der Waals surface area (Å²) in [5.41, 5.74) is 1.31. The molecule has 0 bridgehead atoms. The van der Waals surface area contributed by atoms with Crippen molar-refractivity contribution in [2.75, 3.05) is 12.4 Å². The summed E-state index contributed by atoms with van der Waals surface area (Å²) in [7, 11) is 1.47. The normalized spacial score (nSPS) is 9.65. The van der Waals surface area contributed by atoms with Crippen LogP contribution in [0.1, 0.15) is 15.9 Å². The molecule has 0 unspecified atom stereocenters. The lowest BCUT2D eigenvalue weighted by Gasteiger charge is -2.10. The first-order valence-corrected chi connectivity index (χ1v) is 6.03. The van der Waals surface area contributed by atoms with Gasteiger partial charge in [-0.25, -0.2) is 4.98 Å². The largest absolute Gasteiger partial charge is 0.495 e. The number of pyridine rings is 1. The Bertz CT molecular complexity index is 678. The van der Waals surface area contributed by atoms with Crippen LogP contribution in [0.5, 0.6) is 5.75 Å². The number of rotatable bonds is 3. The number of methoxy groups -OCH3 is 1. The van der Waals surface area contributed by atoms with Gasteiger partial charge in [-0.15, -0.1) is 0 Å². The van der Waals surface area contributed by atoms with Crippen LogP contribution in [-0.4, -0.2) is 18.0 Å². The second-order valence-corrected chi connectivity index (χ2v) is 4.24. The predicted octanol–water partition coefficient (Wildman–Crippen LogP) is 2.87. The van der Waals surface area contributed by atoms with Gasteiger partial charge in [0.1, 0.15) is 10.9 Å². The van der Waals surface area contributed by atoms with E-state index in [0.717, 1.165) is 0 Å². The van der Waals surface area contributed by atoms with Gasteiger partial charge in [0.05, 0.1) is 30.0 Å². The molecule has 0 aliphatic rings. The van der Waals surface area contributed by atoms with Gasteiger partial charge in [0.2, 0.25) is 0 Å². The summed E-state index contributed by atoms with van der Waals surface area (Å²) in [6.07, 6.45) is 1.38. The van der Waals surface area contributed by atoms with Crippen molar-refractivity contribution in [2.24, 2.45) is 0 Å². The molecule has 100 valence electrons. The van der Waals surface area contributed by atoms with Gasteiger partial charge in [0.15, 0.2) is 0 Å². The highest BCUT2D eigenvalue weighted by atomic mass is 35.5. The number of carbonyl (C=O) groups excluding carboxylic acids is 1. The molecule has 0 aliphatic carbocycles. The van der Waals surface area contributed by atoms with Gasteiger partial charge in [0.25, 0.3) is 5.91 Å². The fourth-order valence-corrected chi connectivity index (χ4v) is 1.68. The van der Waals surface area contributed by atoms with Crippen molar-refractivity contribution < 1.29 is 9.53 Å². The number of nitrogens with one attached hydrogen (secondary N) is 1. The Hall–Kier alpha value is -2.58. The van der Waals surface area contributed by atoms with E-state index < -0.39 is 0 Å². The lowest BCUT2D eigenvalue weighted by atomic mass is 10.2. The molecule has 1 aromatic heterocycles. The number of nitrogens with zero attached hydrogens (tertiary/aromatic N) is 2. The van der Waals surface area contributed by atoms with Crippen molar-refractivity contribution in [2.45, 2.75) is 0 Å². The van der Waals surface area contributed by atoms with Crippen LogP contribution in [0.25, 0.3) is 0 Å². The number of hydrogen-bond donors (Lipinski definition) is 1. The molecule has 0 fully saturated rings. The molecule has 1 heterocycles. The number of anilines is 1. The molecular formula is C14H10ClN3O2. The first kappa shape index (κ1) is 13.8. The molecule has 0 atom stereocenters. The van der Waals surface area contributed by atoms with Gasteiger partial charge in [0, 0.05) is 12.3 Å². The highest BCUT2D eigenvalue weighted by Crippen LogP contribution is 2.25. The van der Waals surface area contributed by atoms with Gasteiger partial charge in [-0.3, -0.25) is 4.79 Å². The zero-order valence-corrected chi connectivity index (χ0v) is 11.3. The minimum absolute atomic E-state index is 0.317. The van der Waals surface area contributed by atoms with E-state index in [1.807, 2.05) is 6.07 Å². The van der Waals surface area contributed by atoms with E-state index >= 15 is 0 Å². The summed E-state index contributed by atoms with van der Waals surface area (Å²) in [6, 6.07) is 9.86. The van der Waals surface area contributed by atoms with Crippen molar-refractivity contribution in [3.8, 4) is 11.8 Å². The summed E-state index contributed by atoms with van der Waals surface area (Å²) < 4.78 is 5.14. The van der Waals surface area contributed by atoms with Crippen molar-refractivity contribution in [1.29, 1.82) is 5.26 Å². The number of benzene rings is 1. The van der Waals surface area contributed by atoms with Crippen molar-refractivity contribution >= 4 is 23.2 Å². The highest BCUT2D eigenvalue weighted by molar-refractivity contribution is 6.29. The third kappa shape index (κ3) is 3.05. The highest BCUT2D eigenvalue weighted by Gasteiger charge is 2.10. The van der Waals surface area contributed by atoms with E-state index in [1.165, 1.54) is 19.4 Å². The average Bonchev–Trinajstić information content (AvgIpc) is 2.48. The smallest absolute Gasteiger partial charge is 0.257 e. The van der Waals surface area contributed by atoms with Gasteiger partial charge in [-0.2, -0.15) is 5.26 Å². The average molecular weight is 288 g/mol. The fraction of sp³-hybridized carbons (Fsp3) is 0.0714. The summed E-state index contributed by atoms with van der Waals surface area (Å²) in [6.45, 7) is 0. The molecule has 20 heavy (non-hydrogen) atoms. The number of amides is 1. The Kier molecular flexibility index (Phi) is 4.18. The maximum Gasteiger partial charge on any atom is 0.257 e. The summed E-state index contributed by atoms with van der Waals surface area (Å²) in [4.78, 5) is 15.9. The van der Waals surface area contributed by atoms with Gasteiger partial charge in [-0.05, 0) is 24.3 Å². The van der Waals surface area contributed by atoms with E-state index in [-0.39, 0.29) is 5.91 Å². The van der Waals surface area contributed by atoms with E-state index in [1.54, 1.807) is 24.3 Å².